The Morgan fingerprint density at radius 1 is 1.42 bits per heavy atom. The van der Waals surface area contributed by atoms with Gasteiger partial charge in [0.05, 0.1) is 0 Å². The lowest BCUT2D eigenvalue weighted by Gasteiger charge is -2.13. The van der Waals surface area contributed by atoms with E-state index < -0.39 is 12.0 Å². The normalized spacial score (nSPS) is 11.9. The van der Waals surface area contributed by atoms with Crippen LogP contribution >= 0.6 is 35.0 Å². The maximum Gasteiger partial charge on any atom is 0.327 e. The van der Waals surface area contributed by atoms with Crippen LogP contribution in [0.15, 0.2) is 18.2 Å². The maximum absolute atomic E-state index is 10.9. The zero-order valence-electron chi connectivity index (χ0n) is 10.2. The van der Waals surface area contributed by atoms with Gasteiger partial charge < -0.3 is 10.4 Å². The molecule has 0 heterocycles. The van der Waals surface area contributed by atoms with Gasteiger partial charge in [-0.15, -0.1) is 0 Å². The van der Waals surface area contributed by atoms with Gasteiger partial charge in [-0.05, 0) is 17.7 Å². The van der Waals surface area contributed by atoms with E-state index in [-0.39, 0.29) is 11.7 Å². The van der Waals surface area contributed by atoms with Crippen LogP contribution in [0.3, 0.4) is 0 Å². The highest BCUT2D eigenvalue weighted by Crippen LogP contribution is 2.24. The van der Waals surface area contributed by atoms with Crippen LogP contribution in [0.5, 0.6) is 0 Å². The number of benzene rings is 1. The van der Waals surface area contributed by atoms with E-state index in [9.17, 15) is 9.59 Å². The minimum atomic E-state index is -1.05. The van der Waals surface area contributed by atoms with Gasteiger partial charge in [-0.3, -0.25) is 4.79 Å². The zero-order valence-corrected chi connectivity index (χ0v) is 12.5. The van der Waals surface area contributed by atoms with E-state index >= 15 is 0 Å². The lowest BCUT2D eigenvalue weighted by atomic mass is 10.2. The molecule has 4 nitrogen and oxygen atoms in total. The van der Waals surface area contributed by atoms with Crippen LogP contribution < -0.4 is 5.32 Å². The standard InChI is InChI=1S/C12H13Cl2NO3S/c1-7(16)15-11(12(17)18)6-19-5-8-2-3-9(13)4-10(8)14/h2-4,11H,5-6H2,1H3,(H,15,16)(H,17,18). The number of hydrogen-bond donors (Lipinski definition) is 2. The fourth-order valence-electron chi connectivity index (χ4n) is 1.35. The number of carbonyl (C=O) groups excluding carboxylic acids is 1. The number of carboxylic acid groups (broad SMARTS) is 1. The lowest BCUT2D eigenvalue weighted by Crippen LogP contribution is -2.41. The molecule has 7 heteroatoms. The summed E-state index contributed by atoms with van der Waals surface area (Å²) in [5.41, 5.74) is 0.878. The SMILES string of the molecule is CC(=O)NC(CSCc1ccc(Cl)cc1Cl)C(=O)O. The van der Waals surface area contributed by atoms with Crippen LogP contribution in [0, 0.1) is 0 Å². The number of rotatable bonds is 6. The summed E-state index contributed by atoms with van der Waals surface area (Å²) < 4.78 is 0. The third-order valence-corrected chi connectivity index (χ3v) is 3.90. The molecule has 1 unspecified atom stereocenters. The second-order valence-corrected chi connectivity index (χ2v) is 5.72. The molecule has 1 atom stereocenters. The molecule has 0 aromatic heterocycles. The van der Waals surface area contributed by atoms with Crippen LogP contribution in [0.4, 0.5) is 0 Å². The molecule has 0 aliphatic carbocycles. The summed E-state index contributed by atoms with van der Waals surface area (Å²) in [5, 5.41) is 12.4. The fraction of sp³-hybridized carbons (Fsp3) is 0.333. The van der Waals surface area contributed by atoms with Gasteiger partial charge in [0.15, 0.2) is 0 Å². The Kier molecular flexibility index (Phi) is 6.48. The Hall–Kier alpha value is -0.910. The van der Waals surface area contributed by atoms with E-state index in [1.165, 1.54) is 18.7 Å². The Bertz CT molecular complexity index is 482. The summed E-state index contributed by atoms with van der Waals surface area (Å²) in [7, 11) is 0. The average molecular weight is 322 g/mol. The third kappa shape index (κ3) is 5.72. The summed E-state index contributed by atoms with van der Waals surface area (Å²) in [6.07, 6.45) is 0. The highest BCUT2D eigenvalue weighted by atomic mass is 35.5. The van der Waals surface area contributed by atoms with Gasteiger partial charge in [0.25, 0.3) is 0 Å². The fourth-order valence-corrected chi connectivity index (χ4v) is 2.95. The Labute approximate surface area is 125 Å². The second-order valence-electron chi connectivity index (χ2n) is 3.84. The van der Waals surface area contributed by atoms with Crippen molar-refractivity contribution in [3.8, 4) is 0 Å². The Morgan fingerprint density at radius 2 is 2.11 bits per heavy atom. The highest BCUT2D eigenvalue weighted by Gasteiger charge is 2.18. The van der Waals surface area contributed by atoms with Gasteiger partial charge in [-0.25, -0.2) is 4.79 Å². The maximum atomic E-state index is 10.9. The van der Waals surface area contributed by atoms with Crippen LogP contribution in [0.1, 0.15) is 12.5 Å². The molecule has 0 radical (unpaired) electrons. The molecule has 0 aliphatic heterocycles. The summed E-state index contributed by atoms with van der Waals surface area (Å²) >= 11 is 13.2. The van der Waals surface area contributed by atoms with Gasteiger partial charge in [0.1, 0.15) is 6.04 Å². The first kappa shape index (κ1) is 16.1. The number of halogens is 2. The molecule has 1 aromatic carbocycles. The van der Waals surface area contributed by atoms with E-state index in [1.807, 2.05) is 0 Å². The molecule has 2 N–H and O–H groups in total. The predicted octanol–water partition coefficient (Wildman–Crippen LogP) is 2.82. The van der Waals surface area contributed by atoms with Gasteiger partial charge in [-0.1, -0.05) is 29.3 Å². The molecule has 1 amide bonds. The van der Waals surface area contributed by atoms with Crippen molar-refractivity contribution < 1.29 is 14.7 Å². The van der Waals surface area contributed by atoms with E-state index in [2.05, 4.69) is 5.32 Å². The first-order valence-corrected chi connectivity index (χ1v) is 7.32. The smallest absolute Gasteiger partial charge is 0.327 e. The van der Waals surface area contributed by atoms with Crippen LogP contribution in [0.25, 0.3) is 0 Å². The molecule has 1 aromatic rings. The molecular formula is C12H13Cl2NO3S. The summed E-state index contributed by atoms with van der Waals surface area (Å²) in [6.45, 7) is 1.29. The predicted molar refractivity (Wildman–Crippen MR) is 77.9 cm³/mol. The number of aliphatic carboxylic acids is 1. The van der Waals surface area contributed by atoms with Crippen molar-refractivity contribution in [2.75, 3.05) is 5.75 Å². The minimum absolute atomic E-state index is 0.272. The molecule has 0 saturated carbocycles. The quantitative estimate of drug-likeness (QED) is 0.845. The Balaban J connectivity index is 2.52. The van der Waals surface area contributed by atoms with Gasteiger partial charge in [-0.2, -0.15) is 11.8 Å². The number of hydrogen-bond acceptors (Lipinski definition) is 3. The van der Waals surface area contributed by atoms with Crippen molar-refractivity contribution >= 4 is 46.8 Å². The molecule has 104 valence electrons. The van der Waals surface area contributed by atoms with Gasteiger partial charge in [0.2, 0.25) is 5.91 Å². The molecule has 0 aliphatic rings. The van der Waals surface area contributed by atoms with Crippen molar-refractivity contribution in [3.63, 3.8) is 0 Å². The average Bonchev–Trinajstić information content (AvgIpc) is 2.29. The molecule has 0 spiro atoms. The number of amides is 1. The van der Waals surface area contributed by atoms with Crippen molar-refractivity contribution in [2.24, 2.45) is 0 Å². The number of nitrogens with one attached hydrogen (secondary N) is 1. The van der Waals surface area contributed by atoms with E-state index in [1.54, 1.807) is 18.2 Å². The van der Waals surface area contributed by atoms with E-state index in [0.717, 1.165) is 5.56 Å². The van der Waals surface area contributed by atoms with Crippen molar-refractivity contribution in [1.82, 2.24) is 5.32 Å². The molecule has 19 heavy (non-hydrogen) atoms. The molecule has 0 bridgehead atoms. The number of carbonyl (C=O) groups is 2. The molecule has 0 saturated heterocycles. The van der Waals surface area contributed by atoms with Gasteiger partial charge in [0, 0.05) is 28.5 Å². The second kappa shape index (κ2) is 7.62. The Morgan fingerprint density at radius 3 is 2.63 bits per heavy atom. The van der Waals surface area contributed by atoms with Crippen molar-refractivity contribution in [3.05, 3.63) is 33.8 Å². The van der Waals surface area contributed by atoms with Crippen molar-refractivity contribution in [1.29, 1.82) is 0 Å². The van der Waals surface area contributed by atoms with E-state index in [4.69, 9.17) is 28.3 Å². The van der Waals surface area contributed by atoms with E-state index in [0.29, 0.717) is 15.8 Å². The van der Waals surface area contributed by atoms with Crippen LogP contribution in [0.2, 0.25) is 10.0 Å². The molecule has 0 fully saturated rings. The highest BCUT2D eigenvalue weighted by molar-refractivity contribution is 7.98. The zero-order chi connectivity index (χ0) is 14.4. The minimum Gasteiger partial charge on any atom is -0.480 e. The summed E-state index contributed by atoms with van der Waals surface area (Å²) in [5.74, 6) is -0.588. The molecule has 1 rings (SSSR count). The first-order chi connectivity index (χ1) is 8.90. The monoisotopic (exact) mass is 321 g/mol. The number of carboxylic acids is 1. The van der Waals surface area contributed by atoms with Crippen molar-refractivity contribution in [2.45, 2.75) is 18.7 Å². The largest absolute Gasteiger partial charge is 0.480 e. The van der Waals surface area contributed by atoms with Gasteiger partial charge >= 0.3 is 5.97 Å². The topological polar surface area (TPSA) is 66.4 Å². The lowest BCUT2D eigenvalue weighted by molar-refractivity contribution is -0.140. The molecular weight excluding hydrogens is 309 g/mol. The summed E-state index contributed by atoms with van der Waals surface area (Å²) in [6, 6.07) is 4.27. The van der Waals surface area contributed by atoms with Crippen LogP contribution in [-0.2, 0) is 15.3 Å². The van der Waals surface area contributed by atoms with Crippen LogP contribution in [-0.4, -0.2) is 28.8 Å². The number of thioether (sulfide) groups is 1. The third-order valence-electron chi connectivity index (χ3n) is 2.23. The first-order valence-electron chi connectivity index (χ1n) is 5.41. The summed E-state index contributed by atoms with van der Waals surface area (Å²) in [4.78, 5) is 21.8.